The lowest BCUT2D eigenvalue weighted by molar-refractivity contribution is 0.0951. The van der Waals surface area contributed by atoms with Crippen LogP contribution in [-0.2, 0) is 13.6 Å². The smallest absolute Gasteiger partial charge is 0.251 e. The zero-order valence-electron chi connectivity index (χ0n) is 17.2. The molecule has 0 unspecified atom stereocenters. The van der Waals surface area contributed by atoms with Gasteiger partial charge in [0.05, 0.1) is 12.6 Å². The van der Waals surface area contributed by atoms with E-state index >= 15 is 0 Å². The van der Waals surface area contributed by atoms with Crippen LogP contribution in [0.2, 0.25) is 0 Å². The Labute approximate surface area is 170 Å². The summed E-state index contributed by atoms with van der Waals surface area (Å²) in [5.41, 5.74) is 2.63. The molecule has 1 amide bonds. The summed E-state index contributed by atoms with van der Waals surface area (Å²) in [5, 5.41) is 8.80. The number of ether oxygens (including phenoxy) is 1. The van der Waals surface area contributed by atoms with Crippen molar-refractivity contribution in [1.82, 2.24) is 20.0 Å². The van der Waals surface area contributed by atoms with Crippen molar-refractivity contribution in [3.8, 4) is 5.75 Å². The van der Waals surface area contributed by atoms with Crippen molar-refractivity contribution in [2.45, 2.75) is 6.54 Å². The van der Waals surface area contributed by atoms with E-state index in [0.717, 1.165) is 54.2 Å². The number of carbonyl (C=O) groups is 1. The SMILES string of the molecule is COc1ccc(CNC(=O)c2ccc3c(N4CCN(C)CC4)nn(C)c3c2)cc1. The van der Waals surface area contributed by atoms with E-state index in [4.69, 9.17) is 9.84 Å². The lowest BCUT2D eigenvalue weighted by Gasteiger charge is -2.32. The second-order valence-corrected chi connectivity index (χ2v) is 7.50. The van der Waals surface area contributed by atoms with Crippen LogP contribution in [0.3, 0.4) is 0 Å². The molecule has 3 aromatic rings. The van der Waals surface area contributed by atoms with E-state index in [1.807, 2.05) is 54.2 Å². The van der Waals surface area contributed by atoms with E-state index in [-0.39, 0.29) is 5.91 Å². The fourth-order valence-electron chi connectivity index (χ4n) is 3.66. The van der Waals surface area contributed by atoms with Crippen LogP contribution in [0.1, 0.15) is 15.9 Å². The third-order valence-electron chi connectivity index (χ3n) is 5.51. The number of anilines is 1. The number of fused-ring (bicyclic) bond motifs is 1. The zero-order chi connectivity index (χ0) is 20.4. The standard InChI is InChI=1S/C22H27N5O2/c1-25-10-12-27(13-11-25)21-19-9-6-17(14-20(19)26(2)24-21)22(28)23-15-16-4-7-18(29-3)8-5-16/h4-9,14H,10-13,15H2,1-3H3,(H,23,28). The van der Waals surface area contributed by atoms with Crippen molar-refractivity contribution in [2.24, 2.45) is 7.05 Å². The van der Waals surface area contributed by atoms with Crippen LogP contribution >= 0.6 is 0 Å². The molecule has 2 aromatic carbocycles. The summed E-state index contributed by atoms with van der Waals surface area (Å²) in [6, 6.07) is 13.5. The van der Waals surface area contributed by atoms with Crippen LogP contribution in [0.15, 0.2) is 42.5 Å². The molecule has 0 radical (unpaired) electrons. The summed E-state index contributed by atoms with van der Waals surface area (Å²) in [5.74, 6) is 1.71. The molecule has 29 heavy (non-hydrogen) atoms. The van der Waals surface area contributed by atoms with Gasteiger partial charge in [-0.05, 0) is 42.9 Å². The van der Waals surface area contributed by atoms with Gasteiger partial charge in [0.2, 0.25) is 0 Å². The largest absolute Gasteiger partial charge is 0.497 e. The molecule has 1 saturated heterocycles. The number of aromatic nitrogens is 2. The van der Waals surface area contributed by atoms with Crippen LogP contribution in [0.25, 0.3) is 10.9 Å². The van der Waals surface area contributed by atoms with Gasteiger partial charge in [-0.3, -0.25) is 9.48 Å². The first-order valence-corrected chi connectivity index (χ1v) is 9.86. The number of rotatable bonds is 5. The van der Waals surface area contributed by atoms with Gasteiger partial charge in [-0.25, -0.2) is 0 Å². The number of carbonyl (C=O) groups excluding carboxylic acids is 1. The number of nitrogens with one attached hydrogen (secondary N) is 1. The number of methoxy groups -OCH3 is 1. The highest BCUT2D eigenvalue weighted by molar-refractivity contribution is 6.00. The Morgan fingerprint density at radius 1 is 1.07 bits per heavy atom. The number of nitrogens with zero attached hydrogens (tertiary/aromatic N) is 4. The van der Waals surface area contributed by atoms with Gasteiger partial charge in [0.1, 0.15) is 5.75 Å². The van der Waals surface area contributed by atoms with E-state index in [1.165, 1.54) is 0 Å². The third kappa shape index (κ3) is 4.05. The van der Waals surface area contributed by atoms with Crippen LogP contribution in [0.4, 0.5) is 5.82 Å². The van der Waals surface area contributed by atoms with Crippen molar-refractivity contribution in [1.29, 1.82) is 0 Å². The van der Waals surface area contributed by atoms with Crippen LogP contribution < -0.4 is 15.0 Å². The normalized spacial score (nSPS) is 14.9. The topological polar surface area (TPSA) is 62.6 Å². The Kier molecular flexibility index (Phi) is 5.40. The van der Waals surface area contributed by atoms with Crippen molar-refractivity contribution in [3.05, 3.63) is 53.6 Å². The molecule has 0 atom stereocenters. The van der Waals surface area contributed by atoms with Crippen molar-refractivity contribution < 1.29 is 9.53 Å². The van der Waals surface area contributed by atoms with E-state index in [1.54, 1.807) is 7.11 Å². The summed E-state index contributed by atoms with van der Waals surface area (Å²) in [7, 11) is 5.71. The molecule has 0 spiro atoms. The highest BCUT2D eigenvalue weighted by atomic mass is 16.5. The number of hydrogen-bond acceptors (Lipinski definition) is 5. The Bertz CT molecular complexity index is 1000. The first-order valence-electron chi connectivity index (χ1n) is 9.86. The maximum absolute atomic E-state index is 12.7. The maximum atomic E-state index is 12.7. The highest BCUT2D eigenvalue weighted by Crippen LogP contribution is 2.27. The summed E-state index contributed by atoms with van der Waals surface area (Å²) in [6.07, 6.45) is 0. The first-order chi connectivity index (χ1) is 14.0. The van der Waals surface area contributed by atoms with Crippen molar-refractivity contribution in [2.75, 3.05) is 45.2 Å². The number of hydrogen-bond donors (Lipinski definition) is 1. The predicted molar refractivity (Wildman–Crippen MR) is 115 cm³/mol. The average molecular weight is 393 g/mol. The van der Waals surface area contributed by atoms with Gasteiger partial charge in [-0.15, -0.1) is 0 Å². The molecule has 4 rings (SSSR count). The molecule has 1 aliphatic rings. The molecule has 2 heterocycles. The Morgan fingerprint density at radius 2 is 1.79 bits per heavy atom. The molecule has 0 aliphatic carbocycles. The molecule has 7 nitrogen and oxygen atoms in total. The molecule has 7 heteroatoms. The Morgan fingerprint density at radius 3 is 2.48 bits per heavy atom. The lowest BCUT2D eigenvalue weighted by atomic mass is 10.1. The van der Waals surface area contributed by atoms with Crippen molar-refractivity contribution >= 4 is 22.6 Å². The molecular formula is C22H27N5O2. The minimum absolute atomic E-state index is 0.0925. The second-order valence-electron chi connectivity index (χ2n) is 7.50. The molecule has 1 N–H and O–H groups in total. The van der Waals surface area contributed by atoms with Gasteiger partial charge in [0.25, 0.3) is 5.91 Å². The Balaban J connectivity index is 1.49. The first kappa shape index (κ1) is 19.3. The van der Waals surface area contributed by atoms with E-state index in [0.29, 0.717) is 12.1 Å². The monoisotopic (exact) mass is 393 g/mol. The molecule has 152 valence electrons. The van der Waals surface area contributed by atoms with Gasteiger partial charge in [-0.1, -0.05) is 12.1 Å². The van der Waals surface area contributed by atoms with Gasteiger partial charge in [0, 0.05) is 50.7 Å². The fraction of sp³-hybridized carbons (Fsp3) is 0.364. The molecule has 1 fully saturated rings. The minimum Gasteiger partial charge on any atom is -0.497 e. The second kappa shape index (κ2) is 8.13. The quantitative estimate of drug-likeness (QED) is 0.721. The van der Waals surface area contributed by atoms with Crippen molar-refractivity contribution in [3.63, 3.8) is 0 Å². The molecular weight excluding hydrogens is 366 g/mol. The third-order valence-corrected chi connectivity index (χ3v) is 5.51. The Hall–Kier alpha value is -3.06. The summed E-state index contributed by atoms with van der Waals surface area (Å²) >= 11 is 0. The maximum Gasteiger partial charge on any atom is 0.251 e. The fourth-order valence-corrected chi connectivity index (χ4v) is 3.66. The van der Waals surface area contributed by atoms with Gasteiger partial charge in [-0.2, -0.15) is 5.10 Å². The van der Waals surface area contributed by atoms with Crippen LogP contribution in [0.5, 0.6) is 5.75 Å². The minimum atomic E-state index is -0.0925. The van der Waals surface area contributed by atoms with E-state index in [9.17, 15) is 4.79 Å². The molecule has 1 aliphatic heterocycles. The summed E-state index contributed by atoms with van der Waals surface area (Å²) in [6.45, 7) is 4.46. The number of piperazine rings is 1. The molecule has 0 bridgehead atoms. The van der Waals surface area contributed by atoms with Crippen LogP contribution in [0, 0.1) is 0 Å². The molecule has 0 saturated carbocycles. The predicted octanol–water partition coefficient (Wildman–Crippen LogP) is 2.26. The lowest BCUT2D eigenvalue weighted by Crippen LogP contribution is -2.44. The highest BCUT2D eigenvalue weighted by Gasteiger charge is 2.20. The van der Waals surface area contributed by atoms with E-state index < -0.39 is 0 Å². The number of aryl methyl sites for hydroxylation is 1. The van der Waals surface area contributed by atoms with Gasteiger partial charge >= 0.3 is 0 Å². The molecule has 1 aromatic heterocycles. The van der Waals surface area contributed by atoms with Gasteiger partial charge in [0.15, 0.2) is 5.82 Å². The van der Waals surface area contributed by atoms with E-state index in [2.05, 4.69) is 22.2 Å². The van der Waals surface area contributed by atoms with Gasteiger partial charge < -0.3 is 19.9 Å². The number of amides is 1. The van der Waals surface area contributed by atoms with Crippen LogP contribution in [-0.4, -0.2) is 60.9 Å². The number of benzene rings is 2. The zero-order valence-corrected chi connectivity index (χ0v) is 17.2. The summed E-state index contributed by atoms with van der Waals surface area (Å²) in [4.78, 5) is 17.3. The average Bonchev–Trinajstić information content (AvgIpc) is 3.09. The summed E-state index contributed by atoms with van der Waals surface area (Å²) < 4.78 is 7.03. The number of likely N-dealkylation sites (N-methyl/N-ethyl adjacent to an activating group) is 1.